The van der Waals surface area contributed by atoms with Crippen molar-refractivity contribution in [1.29, 1.82) is 0 Å². The van der Waals surface area contributed by atoms with Crippen LogP contribution in [0.4, 0.5) is 10.5 Å². The zero-order chi connectivity index (χ0) is 16.8. The van der Waals surface area contributed by atoms with Gasteiger partial charge in [-0.05, 0) is 31.5 Å². The number of hydrogen-bond acceptors (Lipinski definition) is 3. The van der Waals surface area contributed by atoms with Crippen molar-refractivity contribution in [3.8, 4) is 11.5 Å². The van der Waals surface area contributed by atoms with Crippen molar-refractivity contribution in [2.24, 2.45) is 0 Å². The van der Waals surface area contributed by atoms with Gasteiger partial charge in [-0.1, -0.05) is 29.8 Å². The lowest BCUT2D eigenvalue weighted by Gasteiger charge is -2.16. The van der Waals surface area contributed by atoms with E-state index < -0.39 is 0 Å². The van der Waals surface area contributed by atoms with E-state index in [0.29, 0.717) is 18.0 Å². The van der Waals surface area contributed by atoms with Crippen LogP contribution in [0.3, 0.4) is 0 Å². The van der Waals surface area contributed by atoms with Crippen molar-refractivity contribution in [2.75, 3.05) is 19.5 Å². The number of nitrogens with one attached hydrogen (secondary N) is 2. The third-order valence-electron chi connectivity index (χ3n) is 3.51. The molecule has 0 heterocycles. The van der Waals surface area contributed by atoms with E-state index in [-0.39, 0.29) is 6.03 Å². The number of carbonyl (C=O) groups is 1. The van der Waals surface area contributed by atoms with Crippen molar-refractivity contribution in [3.05, 3.63) is 53.1 Å². The maximum Gasteiger partial charge on any atom is 0.319 e. The molecule has 0 atom stereocenters. The molecule has 5 nitrogen and oxygen atoms in total. The smallest absolute Gasteiger partial charge is 0.319 e. The Bertz CT molecular complexity index is 699. The fourth-order valence-electron chi connectivity index (χ4n) is 2.30. The number of anilines is 1. The van der Waals surface area contributed by atoms with E-state index in [1.807, 2.05) is 38.1 Å². The molecule has 0 fully saturated rings. The number of methoxy groups -OCH3 is 1. The Kier molecular flexibility index (Phi) is 5.46. The molecule has 122 valence electrons. The monoisotopic (exact) mass is 314 g/mol. The molecule has 0 aliphatic heterocycles. The van der Waals surface area contributed by atoms with Gasteiger partial charge in [0.25, 0.3) is 0 Å². The molecule has 0 bridgehead atoms. The third-order valence-corrected chi connectivity index (χ3v) is 3.51. The predicted octanol–water partition coefficient (Wildman–Crippen LogP) is 3.64. The topological polar surface area (TPSA) is 59.6 Å². The molecule has 2 amide bonds. The second kappa shape index (κ2) is 7.54. The highest BCUT2D eigenvalue weighted by molar-refractivity contribution is 5.91. The molecule has 0 saturated carbocycles. The average molecular weight is 314 g/mol. The molecule has 23 heavy (non-hydrogen) atoms. The summed E-state index contributed by atoms with van der Waals surface area (Å²) in [6.07, 6.45) is 0. The fraction of sp³-hybridized carbons (Fsp3) is 0.278. The predicted molar refractivity (Wildman–Crippen MR) is 91.3 cm³/mol. The van der Waals surface area contributed by atoms with Crippen LogP contribution in [0.2, 0.25) is 0 Å². The molecule has 2 aromatic carbocycles. The summed E-state index contributed by atoms with van der Waals surface area (Å²) in [7, 11) is 3.13. The molecule has 0 unspecified atom stereocenters. The lowest BCUT2D eigenvalue weighted by atomic mass is 10.1. The van der Waals surface area contributed by atoms with Crippen LogP contribution in [-0.2, 0) is 6.61 Å². The summed E-state index contributed by atoms with van der Waals surface area (Å²) in [5.74, 6) is 1.42. The van der Waals surface area contributed by atoms with Gasteiger partial charge in [-0.2, -0.15) is 0 Å². The summed E-state index contributed by atoms with van der Waals surface area (Å²) in [6.45, 7) is 4.39. The first-order valence-electron chi connectivity index (χ1n) is 7.39. The lowest BCUT2D eigenvalue weighted by molar-refractivity contribution is 0.253. The highest BCUT2D eigenvalue weighted by atomic mass is 16.5. The Balaban J connectivity index is 2.23. The van der Waals surface area contributed by atoms with E-state index in [0.717, 1.165) is 16.9 Å². The van der Waals surface area contributed by atoms with Crippen molar-refractivity contribution < 1.29 is 14.3 Å². The molecule has 5 heteroatoms. The molecule has 0 radical (unpaired) electrons. The quantitative estimate of drug-likeness (QED) is 0.886. The molecule has 0 aliphatic rings. The van der Waals surface area contributed by atoms with E-state index >= 15 is 0 Å². The van der Waals surface area contributed by atoms with E-state index in [4.69, 9.17) is 9.47 Å². The Morgan fingerprint density at radius 1 is 1.13 bits per heavy atom. The van der Waals surface area contributed by atoms with Gasteiger partial charge in [0.1, 0.15) is 18.1 Å². The maximum absolute atomic E-state index is 11.6. The number of urea groups is 1. The summed E-state index contributed by atoms with van der Waals surface area (Å²) in [5, 5.41) is 5.32. The summed E-state index contributed by atoms with van der Waals surface area (Å²) < 4.78 is 11.2. The summed E-state index contributed by atoms with van der Waals surface area (Å²) in [5.41, 5.74) is 3.72. The molecular formula is C18H22N2O3. The van der Waals surface area contributed by atoms with Crippen molar-refractivity contribution in [3.63, 3.8) is 0 Å². The van der Waals surface area contributed by atoms with Gasteiger partial charge >= 0.3 is 6.03 Å². The number of para-hydroxylation sites is 1. The van der Waals surface area contributed by atoms with E-state index in [2.05, 4.69) is 16.7 Å². The van der Waals surface area contributed by atoms with Gasteiger partial charge in [0.15, 0.2) is 0 Å². The number of aryl methyl sites for hydroxylation is 2. The van der Waals surface area contributed by atoms with Gasteiger partial charge in [-0.15, -0.1) is 0 Å². The largest absolute Gasteiger partial charge is 0.495 e. The number of ether oxygens (including phenoxy) is 2. The van der Waals surface area contributed by atoms with Crippen LogP contribution < -0.4 is 20.1 Å². The van der Waals surface area contributed by atoms with Crippen molar-refractivity contribution in [2.45, 2.75) is 20.5 Å². The van der Waals surface area contributed by atoms with Gasteiger partial charge in [0.2, 0.25) is 0 Å². The Hall–Kier alpha value is -2.69. The Labute approximate surface area is 136 Å². The van der Waals surface area contributed by atoms with Crippen LogP contribution in [0.15, 0.2) is 36.4 Å². The van der Waals surface area contributed by atoms with E-state index in [9.17, 15) is 4.79 Å². The van der Waals surface area contributed by atoms with Gasteiger partial charge in [0.05, 0.1) is 12.8 Å². The molecule has 2 rings (SSSR count). The lowest BCUT2D eigenvalue weighted by Crippen LogP contribution is -2.25. The standard InChI is InChI=1S/C18H22N2O3/c1-12-8-9-15(13(2)10-12)23-11-14-6-5-7-16(22-4)17(14)20-18(21)19-3/h5-10H,11H2,1-4H3,(H2,19,20,21). The molecule has 0 aromatic heterocycles. The minimum absolute atomic E-state index is 0.303. The number of amides is 2. The average Bonchev–Trinajstić information content (AvgIpc) is 2.54. The first kappa shape index (κ1) is 16.7. The normalized spacial score (nSPS) is 10.1. The number of carbonyl (C=O) groups excluding carboxylic acids is 1. The van der Waals surface area contributed by atoms with Crippen LogP contribution in [0.25, 0.3) is 0 Å². The second-order valence-electron chi connectivity index (χ2n) is 5.26. The van der Waals surface area contributed by atoms with Crippen molar-refractivity contribution >= 4 is 11.7 Å². The molecule has 0 saturated heterocycles. The van der Waals surface area contributed by atoms with Gasteiger partial charge in [-0.3, -0.25) is 0 Å². The van der Waals surface area contributed by atoms with Gasteiger partial charge < -0.3 is 20.1 Å². The number of hydrogen-bond donors (Lipinski definition) is 2. The van der Waals surface area contributed by atoms with Crippen LogP contribution in [0.5, 0.6) is 11.5 Å². The van der Waals surface area contributed by atoms with Gasteiger partial charge in [-0.25, -0.2) is 4.79 Å². The minimum Gasteiger partial charge on any atom is -0.495 e. The SMILES string of the molecule is CNC(=O)Nc1c(COc2ccc(C)cc2C)cccc1OC. The van der Waals surface area contributed by atoms with Crippen molar-refractivity contribution in [1.82, 2.24) is 5.32 Å². The highest BCUT2D eigenvalue weighted by Gasteiger charge is 2.12. The van der Waals surface area contributed by atoms with E-state index in [1.54, 1.807) is 20.2 Å². The van der Waals surface area contributed by atoms with E-state index in [1.165, 1.54) is 5.56 Å². The molecule has 2 N–H and O–H groups in total. The second-order valence-corrected chi connectivity index (χ2v) is 5.26. The number of benzene rings is 2. The first-order chi connectivity index (χ1) is 11.0. The number of rotatable bonds is 5. The van der Waals surface area contributed by atoms with Crippen LogP contribution >= 0.6 is 0 Å². The van der Waals surface area contributed by atoms with Crippen LogP contribution in [0, 0.1) is 13.8 Å². The fourth-order valence-corrected chi connectivity index (χ4v) is 2.30. The zero-order valence-electron chi connectivity index (χ0n) is 13.9. The maximum atomic E-state index is 11.6. The summed E-state index contributed by atoms with van der Waals surface area (Å²) >= 11 is 0. The summed E-state index contributed by atoms with van der Waals surface area (Å²) in [6, 6.07) is 11.3. The highest BCUT2D eigenvalue weighted by Crippen LogP contribution is 2.30. The van der Waals surface area contributed by atoms with Crippen LogP contribution in [-0.4, -0.2) is 20.2 Å². The molecule has 0 aliphatic carbocycles. The molecular weight excluding hydrogens is 292 g/mol. The summed E-state index contributed by atoms with van der Waals surface area (Å²) in [4.78, 5) is 11.6. The Morgan fingerprint density at radius 3 is 2.57 bits per heavy atom. The van der Waals surface area contributed by atoms with Gasteiger partial charge in [0, 0.05) is 12.6 Å². The zero-order valence-corrected chi connectivity index (χ0v) is 13.9. The third kappa shape index (κ3) is 4.16. The molecule has 0 spiro atoms. The Morgan fingerprint density at radius 2 is 1.91 bits per heavy atom. The first-order valence-corrected chi connectivity index (χ1v) is 7.39. The minimum atomic E-state index is -0.303. The van der Waals surface area contributed by atoms with Crippen LogP contribution in [0.1, 0.15) is 16.7 Å². The molecule has 2 aromatic rings.